The van der Waals surface area contributed by atoms with Crippen molar-refractivity contribution < 1.29 is 9.59 Å². The lowest BCUT2D eigenvalue weighted by atomic mass is 10.2. The van der Waals surface area contributed by atoms with Crippen molar-refractivity contribution in [3.05, 3.63) is 0 Å². The molecule has 0 rings (SSSR count). The Balaban J connectivity index is 3.21. The molecule has 1 atom stereocenters. The molecule has 0 heterocycles. The van der Waals surface area contributed by atoms with E-state index in [1.54, 1.807) is 6.92 Å². The number of nitrogens with one attached hydrogen (secondary N) is 1. The quantitative estimate of drug-likeness (QED) is 0.461. The number of carbonyl (C=O) groups excluding carboxylic acids is 2. The van der Waals surface area contributed by atoms with Gasteiger partial charge in [-0.3, -0.25) is 9.59 Å². The van der Waals surface area contributed by atoms with Gasteiger partial charge in [-0.1, -0.05) is 6.42 Å². The molecule has 0 aliphatic heterocycles. The largest absolute Gasteiger partial charge is 0.370 e. The van der Waals surface area contributed by atoms with Gasteiger partial charge in [-0.15, -0.1) is 0 Å². The second-order valence-corrected chi connectivity index (χ2v) is 3.36. The van der Waals surface area contributed by atoms with Crippen molar-refractivity contribution >= 4 is 11.8 Å². The normalized spacial score (nSPS) is 12.4. The van der Waals surface area contributed by atoms with Gasteiger partial charge in [-0.2, -0.15) is 0 Å². The van der Waals surface area contributed by atoms with E-state index in [0.29, 0.717) is 6.42 Å². The van der Waals surface area contributed by atoms with Crippen molar-refractivity contribution in [3.63, 3.8) is 0 Å². The minimum atomic E-state index is -0.345. The zero-order chi connectivity index (χ0) is 11.0. The van der Waals surface area contributed by atoms with Gasteiger partial charge in [0.2, 0.25) is 11.8 Å². The highest BCUT2D eigenvalue weighted by molar-refractivity contribution is 5.79. The Morgan fingerprint density at radius 2 is 1.86 bits per heavy atom. The van der Waals surface area contributed by atoms with Crippen LogP contribution in [0.1, 0.15) is 32.6 Å². The van der Waals surface area contributed by atoms with Crippen molar-refractivity contribution in [3.8, 4) is 0 Å². The molecule has 0 fully saturated rings. The topological polar surface area (TPSA) is 98.2 Å². The van der Waals surface area contributed by atoms with Crippen LogP contribution in [-0.2, 0) is 9.59 Å². The van der Waals surface area contributed by atoms with E-state index in [4.69, 9.17) is 11.5 Å². The molecule has 0 aromatic rings. The summed E-state index contributed by atoms with van der Waals surface area (Å²) >= 11 is 0. The van der Waals surface area contributed by atoms with Crippen LogP contribution in [0.25, 0.3) is 0 Å². The monoisotopic (exact) mass is 201 g/mol. The van der Waals surface area contributed by atoms with Gasteiger partial charge in [0.1, 0.15) is 0 Å². The number of carbonyl (C=O) groups is 2. The summed E-state index contributed by atoms with van der Waals surface area (Å²) < 4.78 is 0. The maximum atomic E-state index is 10.6. The molecule has 0 spiro atoms. The van der Waals surface area contributed by atoms with E-state index >= 15 is 0 Å². The Bertz CT molecular complexity index is 194. The Morgan fingerprint density at radius 1 is 1.21 bits per heavy atom. The van der Waals surface area contributed by atoms with Crippen LogP contribution in [0, 0.1) is 0 Å². The van der Waals surface area contributed by atoms with Crippen LogP contribution in [0.5, 0.6) is 0 Å². The summed E-state index contributed by atoms with van der Waals surface area (Å²) in [7, 11) is 0. The molecule has 0 bridgehead atoms. The molecule has 2 amide bonds. The highest BCUT2D eigenvalue weighted by Gasteiger charge is 2.05. The van der Waals surface area contributed by atoms with Gasteiger partial charge in [-0.05, 0) is 26.3 Å². The van der Waals surface area contributed by atoms with Gasteiger partial charge < -0.3 is 16.8 Å². The van der Waals surface area contributed by atoms with Crippen LogP contribution in [0.15, 0.2) is 0 Å². The van der Waals surface area contributed by atoms with Crippen LogP contribution < -0.4 is 16.8 Å². The Kier molecular flexibility index (Phi) is 6.74. The molecule has 5 N–H and O–H groups in total. The first-order valence-corrected chi connectivity index (χ1v) is 4.85. The van der Waals surface area contributed by atoms with Crippen LogP contribution in [0.3, 0.4) is 0 Å². The second-order valence-electron chi connectivity index (χ2n) is 3.36. The molecule has 82 valence electrons. The summed E-state index contributed by atoms with van der Waals surface area (Å²) in [5, 5.41) is 2.98. The zero-order valence-corrected chi connectivity index (χ0v) is 8.58. The highest BCUT2D eigenvalue weighted by atomic mass is 16.1. The average molecular weight is 201 g/mol. The number of hydrogen-bond donors (Lipinski definition) is 3. The van der Waals surface area contributed by atoms with Crippen LogP contribution in [0.2, 0.25) is 0 Å². The summed E-state index contributed by atoms with van der Waals surface area (Å²) in [6.45, 7) is 2.47. The van der Waals surface area contributed by atoms with Crippen molar-refractivity contribution in [2.75, 3.05) is 6.54 Å². The van der Waals surface area contributed by atoms with Crippen molar-refractivity contribution in [2.45, 2.75) is 38.6 Å². The van der Waals surface area contributed by atoms with E-state index in [-0.39, 0.29) is 17.9 Å². The fourth-order valence-corrected chi connectivity index (χ4v) is 1.02. The molecule has 0 aliphatic rings. The molecule has 0 saturated heterocycles. The van der Waals surface area contributed by atoms with Crippen LogP contribution >= 0.6 is 0 Å². The number of hydrogen-bond acceptors (Lipinski definition) is 3. The third-order valence-electron chi connectivity index (χ3n) is 1.98. The van der Waals surface area contributed by atoms with Gasteiger partial charge in [0.25, 0.3) is 0 Å². The molecular weight excluding hydrogens is 182 g/mol. The summed E-state index contributed by atoms with van der Waals surface area (Å²) in [5.74, 6) is -0.606. The van der Waals surface area contributed by atoms with E-state index in [1.165, 1.54) is 0 Å². The average Bonchev–Trinajstić information content (AvgIpc) is 2.09. The molecular formula is C9H19N3O2. The fourth-order valence-electron chi connectivity index (χ4n) is 1.02. The maximum absolute atomic E-state index is 10.6. The molecule has 0 aromatic heterocycles. The number of primary amides is 2. The number of unbranched alkanes of at least 4 members (excludes halogenated alkanes) is 2. The predicted octanol–water partition coefficient (Wildman–Crippen LogP) is -0.504. The Hall–Kier alpha value is -1.10. The molecule has 0 radical (unpaired) electrons. The summed E-state index contributed by atoms with van der Waals surface area (Å²) in [6.07, 6.45) is 3.10. The molecule has 5 heteroatoms. The molecule has 0 saturated carbocycles. The summed E-state index contributed by atoms with van der Waals surface area (Å²) in [6, 6.07) is -0.286. The lowest BCUT2D eigenvalue weighted by Crippen LogP contribution is -2.39. The Labute approximate surface area is 84.2 Å². The van der Waals surface area contributed by atoms with Crippen molar-refractivity contribution in [2.24, 2.45) is 11.5 Å². The fraction of sp³-hybridized carbons (Fsp3) is 0.778. The molecule has 0 aromatic carbocycles. The number of rotatable bonds is 8. The molecule has 0 unspecified atom stereocenters. The van der Waals surface area contributed by atoms with Crippen LogP contribution in [-0.4, -0.2) is 24.4 Å². The van der Waals surface area contributed by atoms with Crippen molar-refractivity contribution in [1.82, 2.24) is 5.32 Å². The lowest BCUT2D eigenvalue weighted by molar-refractivity contribution is -0.119. The number of nitrogens with two attached hydrogens (primary N) is 2. The van der Waals surface area contributed by atoms with Gasteiger partial charge in [0.15, 0.2) is 0 Å². The van der Waals surface area contributed by atoms with E-state index in [2.05, 4.69) is 5.32 Å². The first-order chi connectivity index (χ1) is 6.54. The molecule has 14 heavy (non-hydrogen) atoms. The van der Waals surface area contributed by atoms with Gasteiger partial charge in [-0.25, -0.2) is 0 Å². The predicted molar refractivity (Wildman–Crippen MR) is 54.3 cm³/mol. The van der Waals surface area contributed by atoms with Crippen LogP contribution in [0.4, 0.5) is 0 Å². The van der Waals surface area contributed by atoms with Gasteiger partial charge >= 0.3 is 0 Å². The SMILES string of the molecule is C[C@H](NCCCCCC(N)=O)C(N)=O. The maximum Gasteiger partial charge on any atom is 0.234 e. The highest BCUT2D eigenvalue weighted by Crippen LogP contribution is 1.98. The van der Waals surface area contributed by atoms with Gasteiger partial charge in [0.05, 0.1) is 6.04 Å². The van der Waals surface area contributed by atoms with Gasteiger partial charge in [0, 0.05) is 6.42 Å². The Morgan fingerprint density at radius 3 is 2.36 bits per heavy atom. The first kappa shape index (κ1) is 12.9. The third kappa shape index (κ3) is 7.54. The second kappa shape index (κ2) is 7.32. The minimum Gasteiger partial charge on any atom is -0.370 e. The van der Waals surface area contributed by atoms with E-state index < -0.39 is 0 Å². The molecule has 0 aliphatic carbocycles. The molecule has 5 nitrogen and oxygen atoms in total. The summed E-state index contributed by atoms with van der Waals surface area (Å²) in [4.78, 5) is 21.0. The number of amides is 2. The lowest BCUT2D eigenvalue weighted by Gasteiger charge is -2.08. The van der Waals surface area contributed by atoms with E-state index in [1.807, 2.05) is 0 Å². The van der Waals surface area contributed by atoms with E-state index in [0.717, 1.165) is 25.8 Å². The summed E-state index contributed by atoms with van der Waals surface area (Å²) in [5.41, 5.74) is 10.0. The zero-order valence-electron chi connectivity index (χ0n) is 8.58. The standard InChI is InChI=1S/C9H19N3O2/c1-7(9(11)14)12-6-4-2-3-5-8(10)13/h7,12H,2-6H2,1H3,(H2,10,13)(H2,11,14)/t7-/m0/s1. The minimum absolute atomic E-state index is 0.261. The third-order valence-corrected chi connectivity index (χ3v) is 1.98. The van der Waals surface area contributed by atoms with E-state index in [9.17, 15) is 9.59 Å². The smallest absolute Gasteiger partial charge is 0.234 e. The van der Waals surface area contributed by atoms with Crippen molar-refractivity contribution in [1.29, 1.82) is 0 Å². The first-order valence-electron chi connectivity index (χ1n) is 4.85.